The average molecular weight is 233 g/mol. The summed E-state index contributed by atoms with van der Waals surface area (Å²) < 4.78 is 2.21. The van der Waals surface area contributed by atoms with E-state index < -0.39 is 5.97 Å². The number of carboxylic acid groups (broad SMARTS) is 1. The Kier molecular flexibility index (Phi) is 2.52. The zero-order valence-electron chi connectivity index (χ0n) is 6.83. The maximum absolute atomic E-state index is 10.6. The molecule has 1 aromatic rings. The van der Waals surface area contributed by atoms with Gasteiger partial charge in [0.25, 0.3) is 0 Å². The predicted octanol–water partition coefficient (Wildman–Crippen LogP) is 1.67. The molecule has 0 saturated carbocycles. The average Bonchev–Trinajstić information content (AvgIpc) is 2.30. The molecule has 1 aromatic heterocycles. The highest BCUT2D eigenvalue weighted by atomic mass is 79.9. The van der Waals surface area contributed by atoms with Crippen molar-refractivity contribution in [2.75, 3.05) is 0 Å². The first-order valence-electron chi connectivity index (χ1n) is 3.54. The van der Waals surface area contributed by atoms with E-state index in [9.17, 15) is 4.79 Å². The number of nitrogens with zero attached hydrogens (tertiary/aromatic N) is 2. The Balaban J connectivity index is 3.25. The van der Waals surface area contributed by atoms with E-state index in [1.807, 2.05) is 13.8 Å². The fraction of sp³-hybridized carbons (Fsp3) is 0.429. The van der Waals surface area contributed by atoms with E-state index in [2.05, 4.69) is 21.0 Å². The molecule has 0 aliphatic rings. The quantitative estimate of drug-likeness (QED) is 0.845. The Labute approximate surface area is 78.3 Å². The van der Waals surface area contributed by atoms with Crippen molar-refractivity contribution in [2.45, 2.75) is 20.4 Å². The van der Waals surface area contributed by atoms with Gasteiger partial charge < -0.3 is 5.11 Å². The first-order valence-corrected chi connectivity index (χ1v) is 4.33. The van der Waals surface area contributed by atoms with Crippen LogP contribution < -0.4 is 0 Å². The lowest BCUT2D eigenvalue weighted by Gasteiger charge is -1.96. The van der Waals surface area contributed by atoms with E-state index in [1.165, 1.54) is 0 Å². The number of hydrogen-bond donors (Lipinski definition) is 1. The minimum Gasteiger partial charge on any atom is -0.476 e. The van der Waals surface area contributed by atoms with Gasteiger partial charge in [0.15, 0.2) is 5.69 Å². The van der Waals surface area contributed by atoms with E-state index in [0.29, 0.717) is 11.0 Å². The van der Waals surface area contributed by atoms with Gasteiger partial charge in [-0.1, -0.05) is 0 Å². The minimum atomic E-state index is -1.00. The number of aromatic nitrogens is 2. The van der Waals surface area contributed by atoms with Gasteiger partial charge in [0.1, 0.15) is 0 Å². The summed E-state index contributed by atoms with van der Waals surface area (Å²) in [6, 6.07) is 0. The van der Waals surface area contributed by atoms with Crippen LogP contribution in [0, 0.1) is 6.92 Å². The largest absolute Gasteiger partial charge is 0.476 e. The molecule has 4 nitrogen and oxygen atoms in total. The van der Waals surface area contributed by atoms with E-state index >= 15 is 0 Å². The molecular weight excluding hydrogens is 224 g/mol. The summed E-state index contributed by atoms with van der Waals surface area (Å²) in [6.45, 7) is 4.42. The summed E-state index contributed by atoms with van der Waals surface area (Å²) in [7, 11) is 0. The Morgan fingerprint density at radius 3 is 2.58 bits per heavy atom. The number of carboxylic acids is 1. The number of rotatable bonds is 2. The van der Waals surface area contributed by atoms with Crippen molar-refractivity contribution in [3.05, 3.63) is 15.9 Å². The van der Waals surface area contributed by atoms with Gasteiger partial charge in [-0.05, 0) is 29.8 Å². The monoisotopic (exact) mass is 232 g/mol. The predicted molar refractivity (Wildman–Crippen MR) is 47.3 cm³/mol. The Morgan fingerprint density at radius 1 is 1.75 bits per heavy atom. The van der Waals surface area contributed by atoms with Gasteiger partial charge in [-0.3, -0.25) is 4.68 Å². The van der Waals surface area contributed by atoms with Crippen molar-refractivity contribution < 1.29 is 9.90 Å². The molecule has 1 rings (SSSR count). The standard InChI is InChI=1S/C7H9BrN2O2/c1-3-10-4(2)5(8)6(9-10)7(11)12/h3H2,1-2H3,(H,11,12). The zero-order valence-corrected chi connectivity index (χ0v) is 8.42. The molecule has 0 aliphatic carbocycles. The second kappa shape index (κ2) is 3.26. The summed E-state index contributed by atoms with van der Waals surface area (Å²) >= 11 is 3.18. The third-order valence-corrected chi connectivity index (χ3v) is 2.58. The molecule has 0 atom stereocenters. The van der Waals surface area contributed by atoms with E-state index in [4.69, 9.17) is 5.11 Å². The first-order chi connectivity index (χ1) is 5.57. The Hall–Kier alpha value is -0.840. The summed E-state index contributed by atoms with van der Waals surface area (Å²) in [4.78, 5) is 10.6. The Morgan fingerprint density at radius 2 is 2.33 bits per heavy atom. The molecule has 5 heteroatoms. The van der Waals surface area contributed by atoms with Crippen molar-refractivity contribution in [3.8, 4) is 0 Å². The molecule has 66 valence electrons. The third-order valence-electron chi connectivity index (χ3n) is 1.64. The van der Waals surface area contributed by atoms with Crippen LogP contribution in [0.15, 0.2) is 4.47 Å². The van der Waals surface area contributed by atoms with Gasteiger partial charge in [0.05, 0.1) is 10.2 Å². The van der Waals surface area contributed by atoms with Crippen LogP contribution >= 0.6 is 15.9 Å². The van der Waals surface area contributed by atoms with Crippen LogP contribution in [0.25, 0.3) is 0 Å². The highest BCUT2D eigenvalue weighted by Gasteiger charge is 2.16. The number of halogens is 1. The van der Waals surface area contributed by atoms with Crippen LogP contribution in [0.1, 0.15) is 23.1 Å². The van der Waals surface area contributed by atoms with Gasteiger partial charge >= 0.3 is 5.97 Å². The summed E-state index contributed by atoms with van der Waals surface area (Å²) in [5.74, 6) is -1.00. The number of carbonyl (C=O) groups is 1. The van der Waals surface area contributed by atoms with Crippen LogP contribution in [0.5, 0.6) is 0 Å². The van der Waals surface area contributed by atoms with Gasteiger partial charge in [0.2, 0.25) is 0 Å². The first kappa shape index (κ1) is 9.25. The van der Waals surface area contributed by atoms with Gasteiger partial charge in [-0.15, -0.1) is 0 Å². The molecule has 0 bridgehead atoms. The zero-order chi connectivity index (χ0) is 9.30. The number of aromatic carboxylic acids is 1. The highest BCUT2D eigenvalue weighted by Crippen LogP contribution is 2.20. The maximum atomic E-state index is 10.6. The smallest absolute Gasteiger partial charge is 0.357 e. The van der Waals surface area contributed by atoms with Crippen LogP contribution in [0.2, 0.25) is 0 Å². The van der Waals surface area contributed by atoms with Crippen LogP contribution in [0.3, 0.4) is 0 Å². The van der Waals surface area contributed by atoms with E-state index in [-0.39, 0.29) is 5.69 Å². The minimum absolute atomic E-state index is 0.0781. The molecule has 0 amide bonds. The molecule has 0 radical (unpaired) electrons. The summed E-state index contributed by atoms with van der Waals surface area (Å²) in [5, 5.41) is 12.6. The fourth-order valence-electron chi connectivity index (χ4n) is 0.969. The molecular formula is C7H9BrN2O2. The van der Waals surface area contributed by atoms with Gasteiger partial charge in [0, 0.05) is 6.54 Å². The Bertz CT molecular complexity index is 319. The lowest BCUT2D eigenvalue weighted by Crippen LogP contribution is -2.02. The number of hydrogen-bond acceptors (Lipinski definition) is 2. The van der Waals surface area contributed by atoms with Gasteiger partial charge in [-0.2, -0.15) is 5.10 Å². The van der Waals surface area contributed by atoms with E-state index in [0.717, 1.165) is 5.69 Å². The molecule has 1 heterocycles. The molecule has 0 spiro atoms. The molecule has 0 saturated heterocycles. The topological polar surface area (TPSA) is 55.1 Å². The normalized spacial score (nSPS) is 10.2. The van der Waals surface area contributed by atoms with Gasteiger partial charge in [-0.25, -0.2) is 4.79 Å². The summed E-state index contributed by atoms with van der Waals surface area (Å²) in [5.41, 5.74) is 0.921. The van der Waals surface area contributed by atoms with Crippen LogP contribution in [-0.4, -0.2) is 20.9 Å². The highest BCUT2D eigenvalue weighted by molar-refractivity contribution is 9.10. The second-order valence-electron chi connectivity index (χ2n) is 2.37. The molecule has 0 fully saturated rings. The molecule has 0 aliphatic heterocycles. The second-order valence-corrected chi connectivity index (χ2v) is 3.16. The lowest BCUT2D eigenvalue weighted by atomic mass is 10.4. The van der Waals surface area contributed by atoms with Crippen molar-refractivity contribution >= 4 is 21.9 Å². The van der Waals surface area contributed by atoms with Crippen molar-refractivity contribution in [1.29, 1.82) is 0 Å². The number of aryl methyl sites for hydroxylation is 1. The van der Waals surface area contributed by atoms with Crippen LogP contribution in [0.4, 0.5) is 0 Å². The lowest BCUT2D eigenvalue weighted by molar-refractivity contribution is 0.0688. The van der Waals surface area contributed by atoms with Crippen molar-refractivity contribution in [1.82, 2.24) is 9.78 Å². The van der Waals surface area contributed by atoms with E-state index in [1.54, 1.807) is 4.68 Å². The fourth-order valence-corrected chi connectivity index (χ4v) is 1.42. The third kappa shape index (κ3) is 1.36. The maximum Gasteiger partial charge on any atom is 0.357 e. The molecule has 0 unspecified atom stereocenters. The SMILES string of the molecule is CCn1nc(C(=O)O)c(Br)c1C. The molecule has 1 N–H and O–H groups in total. The van der Waals surface area contributed by atoms with Crippen molar-refractivity contribution in [2.24, 2.45) is 0 Å². The molecule has 12 heavy (non-hydrogen) atoms. The van der Waals surface area contributed by atoms with Crippen LogP contribution in [-0.2, 0) is 6.54 Å². The molecule has 0 aromatic carbocycles. The van der Waals surface area contributed by atoms with Crippen molar-refractivity contribution in [3.63, 3.8) is 0 Å². The summed E-state index contributed by atoms with van der Waals surface area (Å²) in [6.07, 6.45) is 0.